The van der Waals surface area contributed by atoms with Crippen LogP contribution in [0, 0.1) is 10.1 Å². The van der Waals surface area contributed by atoms with Gasteiger partial charge in [-0.05, 0) is 37.7 Å². The third kappa shape index (κ3) is 4.28. The lowest BCUT2D eigenvalue weighted by molar-refractivity contribution is -0.384. The smallest absolute Gasteiger partial charge is 0.322 e. The fraction of sp³-hybridized carbons (Fsp3) is 0.250. The van der Waals surface area contributed by atoms with Crippen LogP contribution in [-0.2, 0) is 0 Å². The average Bonchev–Trinajstić information content (AvgIpc) is 2.37. The lowest BCUT2D eigenvalue weighted by Crippen LogP contribution is -2.10. The van der Waals surface area contributed by atoms with Crippen LogP contribution in [0.4, 0.5) is 11.6 Å². The van der Waals surface area contributed by atoms with E-state index in [0.29, 0.717) is 5.16 Å². The normalized spacial score (nSPS) is 10.6. The van der Waals surface area contributed by atoms with E-state index < -0.39 is 4.92 Å². The lowest BCUT2D eigenvalue weighted by Gasteiger charge is -2.08. The molecule has 0 saturated carbocycles. The molecule has 2 rings (SSSR count). The van der Waals surface area contributed by atoms with E-state index in [-0.39, 0.29) is 23.8 Å². The molecule has 2 N–H and O–H groups in total. The van der Waals surface area contributed by atoms with Gasteiger partial charge in [0.05, 0.1) is 11.0 Å². The Morgan fingerprint density at radius 3 is 2.48 bits per heavy atom. The molecule has 0 aliphatic carbocycles. The third-order valence-corrected chi connectivity index (χ3v) is 3.08. The Kier molecular flexibility index (Phi) is 4.53. The fourth-order valence-corrected chi connectivity index (χ4v) is 2.15. The molecule has 0 amide bonds. The lowest BCUT2D eigenvalue weighted by atomic mass is 10.3. The average molecular weight is 307 g/mol. The van der Waals surface area contributed by atoms with Crippen molar-refractivity contribution in [1.29, 1.82) is 0 Å². The molecule has 0 unspecified atom stereocenters. The van der Waals surface area contributed by atoms with Gasteiger partial charge in [0.25, 0.3) is 5.69 Å². The summed E-state index contributed by atoms with van der Waals surface area (Å²) < 4.78 is 5.38. The highest BCUT2D eigenvalue weighted by molar-refractivity contribution is 7.99. The molecule has 0 aliphatic heterocycles. The number of anilines is 1. The van der Waals surface area contributed by atoms with Crippen LogP contribution < -0.4 is 10.5 Å². The molecule has 1 aromatic carbocycles. The van der Waals surface area contributed by atoms with Gasteiger partial charge in [-0.1, -0.05) is 0 Å². The van der Waals surface area contributed by atoms with Crippen molar-refractivity contribution in [3.63, 3.8) is 0 Å². The van der Waals surface area contributed by atoms with Crippen LogP contribution in [-0.4, -0.2) is 26.0 Å². The SMILES string of the molecule is CC(C)Oc1nc(N)nc(Sc2ccc([N+](=O)[O-])cc2)n1. The molecular formula is C12H13N5O3S. The zero-order chi connectivity index (χ0) is 15.4. The number of ether oxygens (including phenoxy) is 1. The Labute approximate surface area is 124 Å². The summed E-state index contributed by atoms with van der Waals surface area (Å²) in [4.78, 5) is 22.9. The van der Waals surface area contributed by atoms with E-state index in [1.165, 1.54) is 23.9 Å². The number of nitrogens with two attached hydrogens (primary N) is 1. The minimum atomic E-state index is -0.454. The molecule has 8 nitrogen and oxygen atoms in total. The molecule has 0 spiro atoms. The summed E-state index contributed by atoms with van der Waals surface area (Å²) in [7, 11) is 0. The number of nitrogens with zero attached hydrogens (tertiary/aromatic N) is 4. The first-order valence-electron chi connectivity index (χ1n) is 6.04. The summed E-state index contributed by atoms with van der Waals surface area (Å²) in [5.74, 6) is 0.0602. The number of aromatic nitrogens is 3. The van der Waals surface area contributed by atoms with Gasteiger partial charge in [-0.15, -0.1) is 0 Å². The number of non-ortho nitro benzene ring substituents is 1. The summed E-state index contributed by atoms with van der Waals surface area (Å²) in [6, 6.07) is 6.22. The Morgan fingerprint density at radius 2 is 1.90 bits per heavy atom. The van der Waals surface area contributed by atoms with E-state index in [1.54, 1.807) is 12.1 Å². The van der Waals surface area contributed by atoms with E-state index in [0.717, 1.165) is 4.90 Å². The first-order valence-corrected chi connectivity index (χ1v) is 6.86. The zero-order valence-corrected chi connectivity index (χ0v) is 12.2. The highest BCUT2D eigenvalue weighted by Gasteiger charge is 2.10. The Bertz CT molecular complexity index is 648. The van der Waals surface area contributed by atoms with Crippen LogP contribution >= 0.6 is 11.8 Å². The van der Waals surface area contributed by atoms with Gasteiger partial charge in [-0.2, -0.15) is 15.0 Å². The summed E-state index contributed by atoms with van der Waals surface area (Å²) in [6.45, 7) is 3.70. The molecule has 9 heteroatoms. The quantitative estimate of drug-likeness (QED) is 0.660. The Morgan fingerprint density at radius 1 is 1.24 bits per heavy atom. The van der Waals surface area contributed by atoms with Crippen LogP contribution in [0.3, 0.4) is 0 Å². The van der Waals surface area contributed by atoms with Crippen molar-refractivity contribution in [2.24, 2.45) is 0 Å². The van der Waals surface area contributed by atoms with Gasteiger partial charge in [0, 0.05) is 17.0 Å². The summed E-state index contributed by atoms with van der Waals surface area (Å²) in [5.41, 5.74) is 5.63. The monoisotopic (exact) mass is 307 g/mol. The summed E-state index contributed by atoms with van der Waals surface area (Å²) in [5, 5.41) is 11.0. The van der Waals surface area contributed by atoms with Crippen molar-refractivity contribution in [3.8, 4) is 6.01 Å². The van der Waals surface area contributed by atoms with Crippen LogP contribution in [0.5, 0.6) is 6.01 Å². The number of nitro groups is 1. The summed E-state index contributed by atoms with van der Waals surface area (Å²) >= 11 is 1.22. The van der Waals surface area contributed by atoms with Gasteiger partial charge in [0.15, 0.2) is 0 Å². The van der Waals surface area contributed by atoms with Gasteiger partial charge < -0.3 is 10.5 Å². The zero-order valence-electron chi connectivity index (χ0n) is 11.4. The maximum absolute atomic E-state index is 10.6. The largest absolute Gasteiger partial charge is 0.461 e. The van der Waals surface area contributed by atoms with Gasteiger partial charge in [0.2, 0.25) is 11.1 Å². The maximum Gasteiger partial charge on any atom is 0.322 e. The van der Waals surface area contributed by atoms with Crippen molar-refractivity contribution in [2.75, 3.05) is 5.73 Å². The molecule has 0 radical (unpaired) electrons. The predicted molar refractivity (Wildman–Crippen MR) is 77.2 cm³/mol. The van der Waals surface area contributed by atoms with Crippen LogP contribution in [0.15, 0.2) is 34.3 Å². The van der Waals surface area contributed by atoms with Gasteiger partial charge in [-0.25, -0.2) is 0 Å². The molecule has 21 heavy (non-hydrogen) atoms. The van der Waals surface area contributed by atoms with Crippen molar-refractivity contribution in [3.05, 3.63) is 34.4 Å². The van der Waals surface area contributed by atoms with Crippen molar-refractivity contribution in [1.82, 2.24) is 15.0 Å². The number of benzene rings is 1. The maximum atomic E-state index is 10.6. The molecule has 0 atom stereocenters. The molecule has 1 aromatic heterocycles. The standard InChI is InChI=1S/C12H13N5O3S/c1-7(2)20-11-14-10(13)15-12(16-11)21-9-5-3-8(4-6-9)17(18)19/h3-7H,1-2H3,(H2,13,14,15,16). The molecule has 110 valence electrons. The Balaban J connectivity index is 2.18. The van der Waals surface area contributed by atoms with Gasteiger partial charge in [-0.3, -0.25) is 10.1 Å². The molecule has 0 fully saturated rings. The highest BCUT2D eigenvalue weighted by Crippen LogP contribution is 2.27. The summed E-state index contributed by atoms with van der Waals surface area (Å²) in [6.07, 6.45) is -0.0796. The number of rotatable bonds is 5. The molecule has 0 bridgehead atoms. The fourth-order valence-electron chi connectivity index (χ4n) is 1.40. The van der Waals surface area contributed by atoms with Crippen molar-refractivity contribution < 1.29 is 9.66 Å². The van der Waals surface area contributed by atoms with Crippen molar-refractivity contribution >= 4 is 23.4 Å². The molecule has 1 heterocycles. The topological polar surface area (TPSA) is 117 Å². The predicted octanol–water partition coefficient (Wildman–Crippen LogP) is 2.30. The third-order valence-electron chi connectivity index (χ3n) is 2.21. The second kappa shape index (κ2) is 6.35. The molecule has 2 aromatic rings. The van der Waals surface area contributed by atoms with Crippen molar-refractivity contribution in [2.45, 2.75) is 30.0 Å². The number of nitrogen functional groups attached to an aromatic ring is 1. The first kappa shape index (κ1) is 15.0. The van der Waals surface area contributed by atoms with Crippen LogP contribution in [0.2, 0.25) is 0 Å². The van der Waals surface area contributed by atoms with Crippen LogP contribution in [0.1, 0.15) is 13.8 Å². The van der Waals surface area contributed by atoms with Gasteiger partial charge in [0.1, 0.15) is 0 Å². The van der Waals surface area contributed by atoms with Gasteiger partial charge >= 0.3 is 6.01 Å². The molecule has 0 aliphatic rings. The van der Waals surface area contributed by atoms with E-state index in [1.807, 2.05) is 13.8 Å². The highest BCUT2D eigenvalue weighted by atomic mass is 32.2. The number of hydrogen-bond acceptors (Lipinski definition) is 8. The number of hydrogen-bond donors (Lipinski definition) is 1. The first-order chi connectivity index (χ1) is 9.94. The second-order valence-corrected chi connectivity index (χ2v) is 5.32. The van der Waals surface area contributed by atoms with E-state index in [4.69, 9.17) is 10.5 Å². The van der Waals surface area contributed by atoms with E-state index in [2.05, 4.69) is 15.0 Å². The van der Waals surface area contributed by atoms with Crippen LogP contribution in [0.25, 0.3) is 0 Å². The second-order valence-electron chi connectivity index (χ2n) is 4.28. The van der Waals surface area contributed by atoms with E-state index in [9.17, 15) is 10.1 Å². The minimum Gasteiger partial charge on any atom is -0.461 e. The minimum absolute atomic E-state index is 0.0262. The number of nitro benzene ring substituents is 1. The Hall–Kier alpha value is -2.42. The molecule has 0 saturated heterocycles. The van der Waals surface area contributed by atoms with E-state index >= 15 is 0 Å². The molecular weight excluding hydrogens is 294 g/mol.